The van der Waals surface area contributed by atoms with Crippen LogP contribution in [0.3, 0.4) is 0 Å². The number of esters is 1. The molecule has 0 aliphatic carbocycles. The van der Waals surface area contributed by atoms with E-state index in [-0.39, 0.29) is 31.8 Å². The largest absolute Gasteiger partial charge is 0.490 e. The van der Waals surface area contributed by atoms with E-state index in [1.807, 2.05) is 11.0 Å². The SMILES string of the molecule is CC(=N)N1CCC(Oc2ccc(C(=O)OCCOc3cc(C(=N)N)ccc3OCC#N)cc2)CC1.O=C(C(=O)C(F)(F)F)C(F)(F)F. The molecule has 0 radical (unpaired) electrons. The predicted molar refractivity (Wildman–Crippen MR) is 152 cm³/mol. The molecule has 0 atom stereocenters. The number of ketones is 2. The van der Waals surface area contributed by atoms with Crippen LogP contribution in [0.4, 0.5) is 26.3 Å². The van der Waals surface area contributed by atoms with Crippen molar-refractivity contribution in [3.63, 3.8) is 0 Å². The number of nitrogen functional groups attached to an aromatic ring is 1. The lowest BCUT2D eigenvalue weighted by Crippen LogP contribution is -2.40. The van der Waals surface area contributed by atoms with Gasteiger partial charge in [-0.15, -0.1) is 0 Å². The quantitative estimate of drug-likeness (QED) is 0.0779. The Bertz CT molecular complexity index is 1460. The van der Waals surface area contributed by atoms with Crippen LogP contribution in [0.5, 0.6) is 17.2 Å². The first kappa shape index (κ1) is 37.8. The second kappa shape index (κ2) is 16.8. The highest BCUT2D eigenvalue weighted by Gasteiger charge is 2.54. The third-order valence-corrected chi connectivity index (χ3v) is 6.15. The van der Waals surface area contributed by atoms with Crippen molar-refractivity contribution in [2.45, 2.75) is 38.2 Å². The van der Waals surface area contributed by atoms with E-state index >= 15 is 0 Å². The lowest BCUT2D eigenvalue weighted by molar-refractivity contribution is -0.193. The Labute approximate surface area is 263 Å². The van der Waals surface area contributed by atoms with Crippen LogP contribution in [0.2, 0.25) is 0 Å². The molecular weight excluding hydrogens is 644 g/mol. The highest BCUT2D eigenvalue weighted by molar-refractivity contribution is 6.41. The first-order valence-corrected chi connectivity index (χ1v) is 13.5. The molecule has 1 heterocycles. The molecule has 1 fully saturated rings. The maximum Gasteiger partial charge on any atom is 0.458 e. The van der Waals surface area contributed by atoms with Crippen LogP contribution >= 0.6 is 0 Å². The summed E-state index contributed by atoms with van der Waals surface area (Å²) in [6.45, 7) is 3.27. The molecule has 0 amide bonds. The molecule has 0 unspecified atom stereocenters. The fourth-order valence-corrected chi connectivity index (χ4v) is 3.82. The van der Waals surface area contributed by atoms with Gasteiger partial charge >= 0.3 is 29.9 Å². The number of carbonyl (C=O) groups excluding carboxylic acids is 3. The number of alkyl halides is 6. The number of hydrogen-bond donors (Lipinski definition) is 3. The van der Waals surface area contributed by atoms with E-state index in [4.69, 9.17) is 40.8 Å². The molecule has 3 rings (SSSR count). The molecule has 1 saturated heterocycles. The molecule has 0 bridgehead atoms. The standard InChI is InChI=1S/C25H29N5O5.C4F6O2/c1-17(27)30-11-8-21(9-12-30)35-20-5-2-18(3-6-20)25(31)34-15-14-33-23-16-19(24(28)29)4-7-22(23)32-13-10-26;5-3(6,7)1(11)2(12)4(8,9)10/h2-7,16,21,27H,8-9,11-15H2,1H3,(H3,28,29);. The average Bonchev–Trinajstić information content (AvgIpc) is 3.01. The van der Waals surface area contributed by atoms with E-state index in [2.05, 4.69) is 0 Å². The lowest BCUT2D eigenvalue weighted by atomic mass is 10.1. The summed E-state index contributed by atoms with van der Waals surface area (Å²) in [7, 11) is 0. The van der Waals surface area contributed by atoms with Gasteiger partial charge in [0, 0.05) is 31.5 Å². The van der Waals surface area contributed by atoms with Crippen LogP contribution in [0.15, 0.2) is 42.5 Å². The predicted octanol–water partition coefficient (Wildman–Crippen LogP) is 4.20. The van der Waals surface area contributed by atoms with Gasteiger partial charge in [0.15, 0.2) is 18.1 Å². The third-order valence-electron chi connectivity index (χ3n) is 6.15. The maximum atomic E-state index is 12.4. The maximum absolute atomic E-state index is 12.4. The van der Waals surface area contributed by atoms with Crippen LogP contribution in [0, 0.1) is 22.1 Å². The van der Waals surface area contributed by atoms with Crippen molar-refractivity contribution in [1.29, 1.82) is 16.1 Å². The highest BCUT2D eigenvalue weighted by atomic mass is 19.4. The summed E-state index contributed by atoms with van der Waals surface area (Å²) < 4.78 is 89.2. The molecule has 2 aromatic carbocycles. The Kier molecular flexibility index (Phi) is 13.5. The van der Waals surface area contributed by atoms with E-state index in [0.717, 1.165) is 25.9 Å². The molecular formula is C29H29F6N5O7. The number of hydrogen-bond acceptors (Lipinski definition) is 10. The fourth-order valence-electron chi connectivity index (χ4n) is 3.82. The monoisotopic (exact) mass is 673 g/mol. The van der Waals surface area contributed by atoms with Crippen LogP contribution in [0.25, 0.3) is 0 Å². The summed E-state index contributed by atoms with van der Waals surface area (Å²) in [5.41, 5.74) is 6.35. The van der Waals surface area contributed by atoms with Crippen molar-refractivity contribution in [3.8, 4) is 23.3 Å². The topological polar surface area (TPSA) is 189 Å². The molecule has 0 aromatic heterocycles. The minimum atomic E-state index is -5.77. The van der Waals surface area contributed by atoms with E-state index in [9.17, 15) is 40.7 Å². The number of carbonyl (C=O) groups is 3. The molecule has 18 heteroatoms. The van der Waals surface area contributed by atoms with Gasteiger partial charge in [0.2, 0.25) is 0 Å². The fraction of sp³-hybridized carbons (Fsp3) is 0.379. The number of benzene rings is 2. The second-order valence-corrected chi connectivity index (χ2v) is 9.57. The number of halogens is 6. The van der Waals surface area contributed by atoms with Crippen molar-refractivity contribution >= 4 is 29.2 Å². The molecule has 47 heavy (non-hydrogen) atoms. The molecule has 254 valence electrons. The molecule has 1 aliphatic rings. The summed E-state index contributed by atoms with van der Waals surface area (Å²) in [6.07, 6.45) is -9.76. The van der Waals surface area contributed by atoms with Crippen LogP contribution in [0.1, 0.15) is 35.7 Å². The number of nitrogens with zero attached hydrogens (tertiary/aromatic N) is 2. The first-order chi connectivity index (χ1) is 21.9. The molecule has 12 nitrogen and oxygen atoms in total. The van der Waals surface area contributed by atoms with Crippen molar-refractivity contribution in [3.05, 3.63) is 53.6 Å². The Morgan fingerprint density at radius 2 is 1.45 bits per heavy atom. The zero-order chi connectivity index (χ0) is 35.4. The summed E-state index contributed by atoms with van der Waals surface area (Å²) in [6, 6.07) is 13.4. The molecule has 0 saturated carbocycles. The number of amidine groups is 2. The average molecular weight is 674 g/mol. The summed E-state index contributed by atoms with van der Waals surface area (Å²) in [5, 5.41) is 24.0. The van der Waals surface area contributed by atoms with Gasteiger partial charge in [0.1, 0.15) is 37.0 Å². The molecule has 2 aromatic rings. The number of ether oxygens (including phenoxy) is 4. The Balaban J connectivity index is 0.000000544. The van der Waals surface area contributed by atoms with Crippen LogP contribution in [-0.4, -0.2) is 85.5 Å². The molecule has 0 spiro atoms. The van der Waals surface area contributed by atoms with Gasteiger partial charge in [0.25, 0.3) is 0 Å². The number of piperidine rings is 1. The number of nitriles is 1. The molecule has 4 N–H and O–H groups in total. The van der Waals surface area contributed by atoms with E-state index in [1.54, 1.807) is 43.3 Å². The van der Waals surface area contributed by atoms with Gasteiger partial charge < -0.3 is 29.6 Å². The number of likely N-dealkylation sites (tertiary alicyclic amines) is 1. The van der Waals surface area contributed by atoms with E-state index < -0.39 is 29.9 Å². The first-order valence-electron chi connectivity index (χ1n) is 13.5. The van der Waals surface area contributed by atoms with Crippen LogP contribution in [-0.2, 0) is 14.3 Å². The normalized spacial score (nSPS) is 13.3. The van der Waals surface area contributed by atoms with E-state index in [0.29, 0.717) is 34.2 Å². The van der Waals surface area contributed by atoms with Crippen molar-refractivity contribution in [1.82, 2.24) is 4.90 Å². The summed E-state index contributed by atoms with van der Waals surface area (Å²) in [5.74, 6) is -5.55. The smallest absolute Gasteiger partial charge is 0.458 e. The van der Waals surface area contributed by atoms with Gasteiger partial charge in [0.05, 0.1) is 11.4 Å². The number of Topliss-reactive ketones (excluding diaryl/α,β-unsaturated/α-hetero) is 2. The van der Waals surface area contributed by atoms with Crippen molar-refractivity contribution < 1.29 is 59.7 Å². The van der Waals surface area contributed by atoms with E-state index in [1.165, 1.54) is 6.07 Å². The summed E-state index contributed by atoms with van der Waals surface area (Å²) >= 11 is 0. The third kappa shape index (κ3) is 12.2. The number of nitrogens with one attached hydrogen (secondary N) is 2. The Hall–Kier alpha value is -5.34. The van der Waals surface area contributed by atoms with Crippen LogP contribution < -0.4 is 19.9 Å². The number of nitrogens with two attached hydrogens (primary N) is 1. The zero-order valence-corrected chi connectivity index (χ0v) is 24.7. The Morgan fingerprint density at radius 1 is 0.894 bits per heavy atom. The van der Waals surface area contributed by atoms with Crippen molar-refractivity contribution in [2.75, 3.05) is 32.9 Å². The Morgan fingerprint density at radius 3 is 1.94 bits per heavy atom. The van der Waals surface area contributed by atoms with Gasteiger partial charge in [-0.2, -0.15) is 31.6 Å². The van der Waals surface area contributed by atoms with Gasteiger partial charge in [-0.3, -0.25) is 20.4 Å². The highest BCUT2D eigenvalue weighted by Crippen LogP contribution is 2.28. The summed E-state index contributed by atoms with van der Waals surface area (Å²) in [4.78, 5) is 33.6. The van der Waals surface area contributed by atoms with Gasteiger partial charge in [-0.05, 0) is 49.4 Å². The minimum absolute atomic E-state index is 0.00984. The minimum Gasteiger partial charge on any atom is -0.490 e. The second-order valence-electron chi connectivity index (χ2n) is 9.57. The van der Waals surface area contributed by atoms with Crippen molar-refractivity contribution in [2.24, 2.45) is 5.73 Å². The van der Waals surface area contributed by atoms with Gasteiger partial charge in [-0.25, -0.2) is 4.79 Å². The zero-order valence-electron chi connectivity index (χ0n) is 24.7. The van der Waals surface area contributed by atoms with Gasteiger partial charge in [-0.1, -0.05) is 0 Å². The number of rotatable bonds is 11. The lowest BCUT2D eigenvalue weighted by Gasteiger charge is -2.32. The molecule has 1 aliphatic heterocycles.